The van der Waals surface area contributed by atoms with E-state index in [1.165, 1.54) is 21.4 Å². The van der Waals surface area contributed by atoms with Gasteiger partial charge in [0.05, 0.1) is 12.8 Å². The van der Waals surface area contributed by atoms with Crippen molar-refractivity contribution in [3.8, 4) is 0 Å². The quantitative estimate of drug-likeness (QED) is 0.681. The van der Waals surface area contributed by atoms with Crippen LogP contribution in [0.5, 0.6) is 0 Å². The summed E-state index contributed by atoms with van der Waals surface area (Å²) in [5.74, 6) is 0.223. The van der Waals surface area contributed by atoms with Crippen LogP contribution in [0.25, 0.3) is 0 Å². The summed E-state index contributed by atoms with van der Waals surface area (Å²) in [6, 6.07) is 0. The minimum Gasteiger partial charge on any atom is -0.396 e. The molecule has 0 unspecified atom stereocenters. The van der Waals surface area contributed by atoms with Crippen molar-refractivity contribution in [2.75, 3.05) is 33.4 Å². The van der Waals surface area contributed by atoms with Gasteiger partial charge in [0.15, 0.2) is 0 Å². The van der Waals surface area contributed by atoms with Gasteiger partial charge in [-0.05, 0) is 12.3 Å². The largest absolute Gasteiger partial charge is 0.396 e. The molecular formula is C13H25N3O4S. The Bertz CT molecular complexity index is 513. The van der Waals surface area contributed by atoms with Crippen LogP contribution in [0.1, 0.15) is 20.3 Å². The number of aryl methyl sites for hydroxylation is 1. The average Bonchev–Trinajstić information content (AvgIpc) is 2.90. The Morgan fingerprint density at radius 1 is 1.48 bits per heavy atom. The van der Waals surface area contributed by atoms with Crippen molar-refractivity contribution in [1.82, 2.24) is 14.1 Å². The van der Waals surface area contributed by atoms with Crippen LogP contribution in [0.4, 0.5) is 0 Å². The van der Waals surface area contributed by atoms with E-state index in [2.05, 4.69) is 5.10 Å². The van der Waals surface area contributed by atoms with Crippen LogP contribution in [-0.2, 0) is 21.3 Å². The highest BCUT2D eigenvalue weighted by molar-refractivity contribution is 7.89. The normalized spacial score (nSPS) is 12.5. The smallest absolute Gasteiger partial charge is 0.246 e. The Morgan fingerprint density at radius 3 is 2.76 bits per heavy atom. The summed E-state index contributed by atoms with van der Waals surface area (Å²) in [7, 11) is -2.02. The maximum Gasteiger partial charge on any atom is 0.246 e. The molecule has 0 aliphatic carbocycles. The van der Waals surface area contributed by atoms with E-state index in [0.29, 0.717) is 32.7 Å². The highest BCUT2D eigenvalue weighted by Gasteiger charge is 2.26. The lowest BCUT2D eigenvalue weighted by Gasteiger charge is -2.22. The van der Waals surface area contributed by atoms with Crippen molar-refractivity contribution < 1.29 is 18.3 Å². The molecule has 0 aliphatic heterocycles. The fourth-order valence-corrected chi connectivity index (χ4v) is 3.43. The van der Waals surface area contributed by atoms with Gasteiger partial charge in [-0.15, -0.1) is 0 Å². The van der Waals surface area contributed by atoms with Crippen molar-refractivity contribution in [1.29, 1.82) is 0 Å². The molecule has 0 fully saturated rings. The van der Waals surface area contributed by atoms with Gasteiger partial charge in [0, 0.05) is 39.5 Å². The van der Waals surface area contributed by atoms with Crippen molar-refractivity contribution in [2.24, 2.45) is 5.92 Å². The molecule has 1 rings (SSSR count). The predicted octanol–water partition coefficient (Wildman–Crippen LogP) is 0.559. The molecular weight excluding hydrogens is 294 g/mol. The first-order valence-corrected chi connectivity index (χ1v) is 8.48. The lowest BCUT2D eigenvalue weighted by molar-refractivity contribution is 0.175. The van der Waals surface area contributed by atoms with E-state index in [1.54, 1.807) is 7.11 Å². The molecule has 1 heterocycles. The second-order valence-electron chi connectivity index (χ2n) is 5.27. The Balaban J connectivity index is 2.90. The number of aliphatic hydroxyl groups is 1. The number of hydrogen-bond acceptors (Lipinski definition) is 5. The van der Waals surface area contributed by atoms with E-state index in [-0.39, 0.29) is 17.4 Å². The van der Waals surface area contributed by atoms with E-state index >= 15 is 0 Å². The average molecular weight is 319 g/mol. The molecule has 1 aromatic rings. The van der Waals surface area contributed by atoms with Gasteiger partial charge in [0.1, 0.15) is 4.90 Å². The first kappa shape index (κ1) is 18.1. The molecule has 0 aromatic carbocycles. The van der Waals surface area contributed by atoms with Crippen molar-refractivity contribution in [2.45, 2.75) is 31.7 Å². The first-order chi connectivity index (χ1) is 9.91. The molecule has 7 nitrogen and oxygen atoms in total. The number of hydrogen-bond donors (Lipinski definition) is 1. The Morgan fingerprint density at radius 2 is 2.19 bits per heavy atom. The van der Waals surface area contributed by atoms with Crippen LogP contribution in [-0.4, -0.2) is 61.0 Å². The van der Waals surface area contributed by atoms with E-state index < -0.39 is 10.0 Å². The summed E-state index contributed by atoms with van der Waals surface area (Å²) < 4.78 is 33.2. The van der Waals surface area contributed by atoms with Gasteiger partial charge in [0.25, 0.3) is 0 Å². The Labute approximate surface area is 126 Å². The second kappa shape index (κ2) is 8.47. The van der Waals surface area contributed by atoms with Gasteiger partial charge in [0.2, 0.25) is 10.0 Å². The maximum atomic E-state index is 12.6. The molecule has 21 heavy (non-hydrogen) atoms. The fraction of sp³-hybridized carbons (Fsp3) is 0.769. The Hall–Kier alpha value is -0.960. The minimum atomic E-state index is -3.57. The Kier molecular flexibility index (Phi) is 7.30. The van der Waals surface area contributed by atoms with E-state index in [0.717, 1.165) is 0 Å². The van der Waals surface area contributed by atoms with Gasteiger partial charge in [-0.3, -0.25) is 4.68 Å². The highest BCUT2D eigenvalue weighted by atomic mass is 32.2. The molecule has 0 saturated carbocycles. The third-order valence-electron chi connectivity index (χ3n) is 2.91. The number of rotatable bonds is 10. The molecule has 0 saturated heterocycles. The second-order valence-corrected chi connectivity index (χ2v) is 7.20. The number of methoxy groups -OCH3 is 1. The van der Waals surface area contributed by atoms with Crippen LogP contribution in [0.3, 0.4) is 0 Å². The van der Waals surface area contributed by atoms with Gasteiger partial charge in [-0.1, -0.05) is 13.8 Å². The summed E-state index contributed by atoms with van der Waals surface area (Å²) in [6.45, 7) is 5.60. The zero-order valence-electron chi connectivity index (χ0n) is 12.9. The summed E-state index contributed by atoms with van der Waals surface area (Å²) in [5.41, 5.74) is 0. The van der Waals surface area contributed by atoms with Crippen LogP contribution in [0, 0.1) is 5.92 Å². The number of ether oxygens (including phenoxy) is 1. The third-order valence-corrected chi connectivity index (χ3v) is 4.72. The van der Waals surface area contributed by atoms with Gasteiger partial charge >= 0.3 is 0 Å². The highest BCUT2D eigenvalue weighted by Crippen LogP contribution is 2.16. The molecule has 0 atom stereocenters. The van der Waals surface area contributed by atoms with Crippen molar-refractivity contribution >= 4 is 10.0 Å². The molecule has 8 heteroatoms. The van der Waals surface area contributed by atoms with E-state index in [1.807, 2.05) is 13.8 Å². The zero-order valence-corrected chi connectivity index (χ0v) is 13.7. The standard InChI is InChI=1S/C13H25N3O4S/c1-12(2)10-16(6-8-20-3)21(18,19)13-9-14-15(11-13)5-4-7-17/h9,11-12,17H,4-8,10H2,1-3H3. The molecule has 122 valence electrons. The van der Waals surface area contributed by atoms with Crippen molar-refractivity contribution in [3.05, 3.63) is 12.4 Å². The van der Waals surface area contributed by atoms with Crippen molar-refractivity contribution in [3.63, 3.8) is 0 Å². The van der Waals surface area contributed by atoms with Crippen LogP contribution in [0.15, 0.2) is 17.3 Å². The van der Waals surface area contributed by atoms with Crippen LogP contribution < -0.4 is 0 Å². The third kappa shape index (κ3) is 5.39. The molecule has 1 aromatic heterocycles. The molecule has 0 aliphatic rings. The van der Waals surface area contributed by atoms with Crippen LogP contribution >= 0.6 is 0 Å². The molecule has 0 amide bonds. The SMILES string of the molecule is COCCN(CC(C)C)S(=O)(=O)c1cnn(CCCO)c1. The maximum absolute atomic E-state index is 12.6. The van der Waals surface area contributed by atoms with Gasteiger partial charge in [-0.25, -0.2) is 8.42 Å². The fourth-order valence-electron chi connectivity index (χ4n) is 1.89. The van der Waals surface area contributed by atoms with Crippen LogP contribution in [0.2, 0.25) is 0 Å². The lowest BCUT2D eigenvalue weighted by Crippen LogP contribution is -2.36. The topological polar surface area (TPSA) is 84.7 Å². The zero-order chi connectivity index (χ0) is 15.9. The van der Waals surface area contributed by atoms with E-state index in [4.69, 9.17) is 9.84 Å². The monoisotopic (exact) mass is 319 g/mol. The predicted molar refractivity (Wildman–Crippen MR) is 79.4 cm³/mol. The lowest BCUT2D eigenvalue weighted by atomic mass is 10.2. The summed E-state index contributed by atoms with van der Waals surface area (Å²) in [6.07, 6.45) is 3.40. The summed E-state index contributed by atoms with van der Waals surface area (Å²) in [4.78, 5) is 0.178. The summed E-state index contributed by atoms with van der Waals surface area (Å²) in [5, 5.41) is 12.8. The number of nitrogens with zero attached hydrogens (tertiary/aromatic N) is 3. The minimum absolute atomic E-state index is 0.0508. The number of aliphatic hydroxyl groups excluding tert-OH is 1. The van der Waals surface area contributed by atoms with E-state index in [9.17, 15) is 8.42 Å². The molecule has 0 bridgehead atoms. The summed E-state index contributed by atoms with van der Waals surface area (Å²) >= 11 is 0. The number of sulfonamides is 1. The van der Waals surface area contributed by atoms with Gasteiger partial charge < -0.3 is 9.84 Å². The number of aromatic nitrogens is 2. The molecule has 0 radical (unpaired) electrons. The first-order valence-electron chi connectivity index (χ1n) is 7.04. The van der Waals surface area contributed by atoms with Gasteiger partial charge in [-0.2, -0.15) is 9.40 Å². The molecule has 0 spiro atoms. The molecule has 1 N–H and O–H groups in total.